The summed E-state index contributed by atoms with van der Waals surface area (Å²) in [6, 6.07) is 1.31. The minimum Gasteiger partial charge on any atom is -0.296 e. The summed E-state index contributed by atoms with van der Waals surface area (Å²) in [6.45, 7) is 0. The molecule has 76 valence electrons. The number of pyridine rings is 1. The Morgan fingerprint density at radius 1 is 1.64 bits per heavy atom. The molecule has 1 rings (SSSR count). The molecule has 0 atom stereocenters. The Morgan fingerprint density at radius 2 is 2.29 bits per heavy atom. The van der Waals surface area contributed by atoms with E-state index in [1.807, 2.05) is 0 Å². The van der Waals surface area contributed by atoms with E-state index in [0.717, 1.165) is 0 Å². The predicted molar refractivity (Wildman–Crippen MR) is 52.2 cm³/mol. The number of alkyl halides is 3. The Morgan fingerprint density at radius 3 is 2.71 bits per heavy atom. The summed E-state index contributed by atoms with van der Waals surface area (Å²) in [5.74, 6) is 0. The molecule has 1 aromatic heterocycles. The molecular weight excluding hydrogens is 279 g/mol. The van der Waals surface area contributed by atoms with E-state index in [1.54, 1.807) is 0 Å². The van der Waals surface area contributed by atoms with Crippen LogP contribution in [0.3, 0.4) is 0 Å². The van der Waals surface area contributed by atoms with Gasteiger partial charge in [-0.1, -0.05) is 27.5 Å². The normalized spacial score (nSPS) is 10.6. The van der Waals surface area contributed by atoms with E-state index >= 15 is 0 Å². The molecule has 0 bridgehead atoms. The molecule has 0 saturated heterocycles. The summed E-state index contributed by atoms with van der Waals surface area (Å²) in [5, 5.41) is 0.303. The Bertz CT molecular complexity index is 359. The van der Waals surface area contributed by atoms with Gasteiger partial charge in [0.1, 0.15) is 11.4 Å². The molecule has 0 aromatic carbocycles. The molecule has 0 radical (unpaired) electrons. The fourth-order valence-corrected chi connectivity index (χ4v) is 1.60. The van der Waals surface area contributed by atoms with Crippen molar-refractivity contribution in [1.82, 2.24) is 4.98 Å². The second-order valence-electron chi connectivity index (χ2n) is 2.45. The number of carbonyl (C=O) groups is 1. The Hall–Kier alpha value is -0.550. The van der Waals surface area contributed by atoms with Crippen LogP contribution in [0, 0.1) is 0 Å². The molecule has 0 amide bonds. The molecule has 0 aliphatic heterocycles. The van der Waals surface area contributed by atoms with Crippen LogP contribution in [0.5, 0.6) is 0 Å². The van der Waals surface area contributed by atoms with Crippen molar-refractivity contribution in [3.63, 3.8) is 0 Å². The van der Waals surface area contributed by atoms with Gasteiger partial charge in [0.2, 0.25) is 0 Å². The molecule has 0 unspecified atom stereocenters. The van der Waals surface area contributed by atoms with E-state index in [-0.39, 0.29) is 21.6 Å². The lowest BCUT2D eigenvalue weighted by Gasteiger charge is -2.06. The lowest BCUT2D eigenvalue weighted by Crippen LogP contribution is -2.01. The lowest BCUT2D eigenvalue weighted by atomic mass is 10.2. The van der Waals surface area contributed by atoms with E-state index in [9.17, 15) is 13.6 Å². The third-order valence-corrected chi connectivity index (χ3v) is 2.48. The van der Waals surface area contributed by atoms with E-state index in [1.165, 1.54) is 6.07 Å². The highest BCUT2D eigenvalue weighted by molar-refractivity contribution is 9.08. The monoisotopic (exact) mass is 283 g/mol. The fourth-order valence-electron chi connectivity index (χ4n) is 0.934. The van der Waals surface area contributed by atoms with Crippen LogP contribution in [-0.2, 0) is 5.33 Å². The quantitative estimate of drug-likeness (QED) is 0.629. The van der Waals surface area contributed by atoms with Gasteiger partial charge in [-0.15, -0.1) is 0 Å². The molecule has 0 aliphatic carbocycles. The number of halogens is 4. The largest absolute Gasteiger partial charge is 0.296 e. The SMILES string of the molecule is O=Cc1nc(C(F)F)c(CBr)cc1Cl. The summed E-state index contributed by atoms with van der Waals surface area (Å²) < 4.78 is 24.8. The van der Waals surface area contributed by atoms with E-state index in [2.05, 4.69) is 20.9 Å². The zero-order chi connectivity index (χ0) is 10.7. The molecule has 0 fully saturated rings. The summed E-state index contributed by atoms with van der Waals surface area (Å²) >= 11 is 8.66. The van der Waals surface area contributed by atoms with Gasteiger partial charge in [-0.25, -0.2) is 13.8 Å². The molecule has 0 aliphatic rings. The molecule has 14 heavy (non-hydrogen) atoms. The van der Waals surface area contributed by atoms with Crippen molar-refractivity contribution in [3.8, 4) is 0 Å². The van der Waals surface area contributed by atoms with Crippen molar-refractivity contribution in [1.29, 1.82) is 0 Å². The average molecular weight is 284 g/mol. The third kappa shape index (κ3) is 2.27. The molecular formula is C8H5BrClF2NO. The van der Waals surface area contributed by atoms with Crippen LogP contribution in [0.25, 0.3) is 0 Å². The van der Waals surface area contributed by atoms with Crippen LogP contribution in [0.2, 0.25) is 5.02 Å². The lowest BCUT2D eigenvalue weighted by molar-refractivity contribution is 0.111. The summed E-state index contributed by atoms with van der Waals surface area (Å²) in [5.41, 5.74) is -0.282. The smallest absolute Gasteiger partial charge is 0.280 e. The van der Waals surface area contributed by atoms with Crippen molar-refractivity contribution in [2.45, 2.75) is 11.8 Å². The van der Waals surface area contributed by atoms with Crippen molar-refractivity contribution in [3.05, 3.63) is 28.0 Å². The van der Waals surface area contributed by atoms with Crippen LogP contribution in [-0.4, -0.2) is 11.3 Å². The minimum absolute atomic E-state index is 0.0823. The Labute approximate surface area is 92.4 Å². The number of aromatic nitrogens is 1. The van der Waals surface area contributed by atoms with Gasteiger partial charge in [0.25, 0.3) is 6.43 Å². The van der Waals surface area contributed by atoms with Gasteiger partial charge in [-0.2, -0.15) is 0 Å². The number of hydrogen-bond acceptors (Lipinski definition) is 2. The summed E-state index contributed by atoms with van der Waals surface area (Å²) in [4.78, 5) is 13.9. The second-order valence-corrected chi connectivity index (χ2v) is 3.42. The molecule has 0 N–H and O–H groups in total. The number of nitrogens with zero attached hydrogens (tertiary/aromatic N) is 1. The van der Waals surface area contributed by atoms with Gasteiger partial charge in [-0.05, 0) is 11.6 Å². The molecule has 1 aromatic rings. The minimum atomic E-state index is -2.71. The van der Waals surface area contributed by atoms with Gasteiger partial charge >= 0.3 is 0 Å². The highest BCUT2D eigenvalue weighted by Gasteiger charge is 2.17. The second kappa shape index (κ2) is 4.79. The first-order valence-electron chi connectivity index (χ1n) is 3.58. The van der Waals surface area contributed by atoms with Crippen molar-refractivity contribution in [2.24, 2.45) is 0 Å². The topological polar surface area (TPSA) is 30.0 Å². The van der Waals surface area contributed by atoms with Crippen LogP contribution in [0.15, 0.2) is 6.07 Å². The van der Waals surface area contributed by atoms with Gasteiger partial charge in [0, 0.05) is 5.33 Å². The van der Waals surface area contributed by atoms with Crippen LogP contribution in [0.1, 0.15) is 28.2 Å². The first-order chi connectivity index (χ1) is 6.60. The number of aldehydes is 1. The Kier molecular flexibility index (Phi) is 3.95. The van der Waals surface area contributed by atoms with Crippen LogP contribution >= 0.6 is 27.5 Å². The fraction of sp³-hybridized carbons (Fsp3) is 0.250. The third-order valence-electron chi connectivity index (χ3n) is 1.58. The van der Waals surface area contributed by atoms with Crippen LogP contribution in [0.4, 0.5) is 8.78 Å². The van der Waals surface area contributed by atoms with E-state index in [0.29, 0.717) is 6.29 Å². The maximum atomic E-state index is 12.4. The van der Waals surface area contributed by atoms with Crippen molar-refractivity contribution < 1.29 is 13.6 Å². The molecule has 0 saturated carbocycles. The summed E-state index contributed by atoms with van der Waals surface area (Å²) in [7, 11) is 0. The standard InChI is InChI=1S/C8H5BrClF2NO/c9-2-4-1-5(10)6(3-14)13-7(4)8(11)12/h1,3,8H,2H2. The first kappa shape index (κ1) is 11.5. The number of rotatable bonds is 3. The van der Waals surface area contributed by atoms with E-state index < -0.39 is 12.1 Å². The zero-order valence-corrected chi connectivity index (χ0v) is 9.15. The van der Waals surface area contributed by atoms with Gasteiger partial charge in [0.15, 0.2) is 6.29 Å². The Balaban J connectivity index is 3.32. The number of carbonyl (C=O) groups excluding carboxylic acids is 1. The molecule has 6 heteroatoms. The van der Waals surface area contributed by atoms with Gasteiger partial charge in [0.05, 0.1) is 5.02 Å². The maximum absolute atomic E-state index is 12.4. The zero-order valence-electron chi connectivity index (χ0n) is 6.81. The maximum Gasteiger partial charge on any atom is 0.280 e. The van der Waals surface area contributed by atoms with Crippen molar-refractivity contribution >= 4 is 33.8 Å². The van der Waals surface area contributed by atoms with E-state index in [4.69, 9.17) is 11.6 Å². The highest BCUT2D eigenvalue weighted by Crippen LogP contribution is 2.26. The predicted octanol–water partition coefficient (Wildman–Crippen LogP) is 3.38. The summed E-state index contributed by atoms with van der Waals surface area (Å²) in [6.07, 6.45) is -2.36. The van der Waals surface area contributed by atoms with Crippen molar-refractivity contribution in [2.75, 3.05) is 0 Å². The molecule has 1 heterocycles. The van der Waals surface area contributed by atoms with Gasteiger partial charge < -0.3 is 0 Å². The van der Waals surface area contributed by atoms with Gasteiger partial charge in [-0.3, -0.25) is 4.79 Å². The molecule has 0 spiro atoms. The highest BCUT2D eigenvalue weighted by atomic mass is 79.9. The first-order valence-corrected chi connectivity index (χ1v) is 5.08. The molecule has 2 nitrogen and oxygen atoms in total. The average Bonchev–Trinajstić information content (AvgIpc) is 2.16. The van der Waals surface area contributed by atoms with Crippen LogP contribution < -0.4 is 0 Å². The number of hydrogen-bond donors (Lipinski definition) is 0.